The fourth-order valence-corrected chi connectivity index (χ4v) is 2.90. The maximum absolute atomic E-state index is 12.4. The van der Waals surface area contributed by atoms with Gasteiger partial charge in [0.05, 0.1) is 17.7 Å². The van der Waals surface area contributed by atoms with E-state index < -0.39 is 0 Å². The highest BCUT2D eigenvalue weighted by atomic mass is 35.5. The lowest BCUT2D eigenvalue weighted by Crippen LogP contribution is -2.49. The molecule has 6 nitrogen and oxygen atoms in total. The van der Waals surface area contributed by atoms with Crippen molar-refractivity contribution in [2.75, 3.05) is 32.7 Å². The van der Waals surface area contributed by atoms with Crippen molar-refractivity contribution >= 4 is 23.3 Å². The van der Waals surface area contributed by atoms with Crippen molar-refractivity contribution in [2.45, 2.75) is 0 Å². The molecule has 1 aromatic carbocycles. The van der Waals surface area contributed by atoms with Gasteiger partial charge in [-0.25, -0.2) is 4.98 Å². The molecule has 1 saturated heterocycles. The second kappa shape index (κ2) is 7.63. The van der Waals surface area contributed by atoms with Crippen LogP contribution in [-0.4, -0.2) is 64.3 Å². The monoisotopic (exact) mass is 359 g/mol. The molecule has 1 aliphatic rings. The van der Waals surface area contributed by atoms with Gasteiger partial charge in [0.15, 0.2) is 5.78 Å². The Balaban J connectivity index is 1.55. The minimum absolute atomic E-state index is 0.00319. The molecule has 1 aromatic heterocycles. The number of hydrogen-bond donors (Lipinski definition) is 1. The van der Waals surface area contributed by atoms with Crippen molar-refractivity contribution in [3.63, 3.8) is 0 Å². The van der Waals surface area contributed by atoms with E-state index in [0.717, 1.165) is 0 Å². The van der Waals surface area contributed by atoms with Crippen LogP contribution in [0.15, 0.2) is 42.6 Å². The van der Waals surface area contributed by atoms with Gasteiger partial charge in [0, 0.05) is 32.4 Å². The highest BCUT2D eigenvalue weighted by Crippen LogP contribution is 2.17. The molecule has 130 valence electrons. The fourth-order valence-electron chi connectivity index (χ4n) is 2.79. The van der Waals surface area contributed by atoms with Crippen LogP contribution in [0.5, 0.6) is 5.75 Å². The second-order valence-corrected chi connectivity index (χ2v) is 6.27. The summed E-state index contributed by atoms with van der Waals surface area (Å²) < 4.78 is 0. The summed E-state index contributed by atoms with van der Waals surface area (Å²) in [5.41, 5.74) is 0.830. The van der Waals surface area contributed by atoms with Crippen LogP contribution < -0.4 is 0 Å². The standard InChI is InChI=1S/C18H18ClN3O3/c19-17-6-5-13(11-20-17)18(25)22-9-7-21(8-10-22)12-16(24)14-3-1-2-4-15(14)23/h1-6,11,23H,7-10,12H2. The van der Waals surface area contributed by atoms with E-state index in [-0.39, 0.29) is 24.0 Å². The molecule has 3 rings (SSSR count). The molecule has 25 heavy (non-hydrogen) atoms. The molecular formula is C18H18ClN3O3. The zero-order valence-corrected chi connectivity index (χ0v) is 14.3. The third-order valence-corrected chi connectivity index (χ3v) is 4.43. The number of ketones is 1. The van der Waals surface area contributed by atoms with Gasteiger partial charge in [-0.3, -0.25) is 14.5 Å². The first kappa shape index (κ1) is 17.4. The maximum Gasteiger partial charge on any atom is 0.255 e. The number of aromatic nitrogens is 1. The molecule has 2 heterocycles. The van der Waals surface area contributed by atoms with Gasteiger partial charge in [-0.2, -0.15) is 0 Å². The first-order valence-electron chi connectivity index (χ1n) is 7.99. The predicted molar refractivity (Wildman–Crippen MR) is 94.0 cm³/mol. The summed E-state index contributed by atoms with van der Waals surface area (Å²) in [7, 11) is 0. The Morgan fingerprint density at radius 3 is 2.44 bits per heavy atom. The Morgan fingerprint density at radius 2 is 1.80 bits per heavy atom. The molecule has 0 unspecified atom stereocenters. The third-order valence-electron chi connectivity index (χ3n) is 4.21. The van der Waals surface area contributed by atoms with Gasteiger partial charge in [-0.15, -0.1) is 0 Å². The average Bonchev–Trinajstić information content (AvgIpc) is 2.63. The van der Waals surface area contributed by atoms with Crippen LogP contribution >= 0.6 is 11.6 Å². The molecule has 7 heteroatoms. The van der Waals surface area contributed by atoms with Gasteiger partial charge in [-0.05, 0) is 24.3 Å². The van der Waals surface area contributed by atoms with Crippen molar-refractivity contribution in [1.82, 2.24) is 14.8 Å². The molecule has 0 aliphatic carbocycles. The van der Waals surface area contributed by atoms with Gasteiger partial charge in [-0.1, -0.05) is 23.7 Å². The first-order chi connectivity index (χ1) is 12.0. The molecule has 1 fully saturated rings. The van der Waals surface area contributed by atoms with Crippen molar-refractivity contribution in [3.8, 4) is 5.75 Å². The number of Topliss-reactive ketones (excluding diaryl/α,β-unsaturated/α-hetero) is 1. The number of amides is 1. The highest BCUT2D eigenvalue weighted by Gasteiger charge is 2.24. The average molecular weight is 360 g/mol. The zero-order chi connectivity index (χ0) is 17.8. The highest BCUT2D eigenvalue weighted by molar-refractivity contribution is 6.29. The number of piperazine rings is 1. The summed E-state index contributed by atoms with van der Waals surface area (Å²) >= 11 is 5.74. The van der Waals surface area contributed by atoms with E-state index in [0.29, 0.717) is 42.5 Å². The van der Waals surface area contributed by atoms with E-state index in [9.17, 15) is 14.7 Å². The van der Waals surface area contributed by atoms with Gasteiger partial charge in [0.2, 0.25) is 0 Å². The minimum Gasteiger partial charge on any atom is -0.507 e. The van der Waals surface area contributed by atoms with E-state index in [2.05, 4.69) is 4.98 Å². The molecule has 1 aliphatic heterocycles. The molecule has 0 atom stereocenters. The number of phenolic OH excluding ortho intramolecular Hbond substituents is 1. The van der Waals surface area contributed by atoms with Crippen molar-refractivity contribution < 1.29 is 14.7 Å². The maximum atomic E-state index is 12.4. The van der Waals surface area contributed by atoms with E-state index in [4.69, 9.17) is 11.6 Å². The largest absolute Gasteiger partial charge is 0.507 e. The van der Waals surface area contributed by atoms with Crippen LogP contribution in [0.25, 0.3) is 0 Å². The van der Waals surface area contributed by atoms with Crippen molar-refractivity contribution in [1.29, 1.82) is 0 Å². The van der Waals surface area contributed by atoms with Crippen LogP contribution in [0.4, 0.5) is 0 Å². The van der Waals surface area contributed by atoms with Gasteiger partial charge in [0.25, 0.3) is 5.91 Å². The smallest absolute Gasteiger partial charge is 0.255 e. The number of carbonyl (C=O) groups excluding carboxylic acids is 2. The second-order valence-electron chi connectivity index (χ2n) is 5.88. The SMILES string of the molecule is O=C(CN1CCN(C(=O)c2ccc(Cl)nc2)CC1)c1ccccc1O. The number of pyridine rings is 1. The summed E-state index contributed by atoms with van der Waals surface area (Å²) in [5.74, 6) is -0.216. The lowest BCUT2D eigenvalue weighted by Gasteiger charge is -2.34. The lowest BCUT2D eigenvalue weighted by atomic mass is 10.1. The normalized spacial score (nSPS) is 15.2. The Morgan fingerprint density at radius 1 is 1.08 bits per heavy atom. The van der Waals surface area contributed by atoms with Gasteiger partial charge in [0.1, 0.15) is 10.9 Å². The lowest BCUT2D eigenvalue weighted by molar-refractivity contribution is 0.0624. The molecule has 0 bridgehead atoms. The molecule has 0 spiro atoms. The molecule has 2 aromatic rings. The summed E-state index contributed by atoms with van der Waals surface area (Å²) in [6.07, 6.45) is 1.47. The van der Waals surface area contributed by atoms with Crippen molar-refractivity contribution in [3.05, 3.63) is 58.9 Å². The zero-order valence-electron chi connectivity index (χ0n) is 13.6. The fraction of sp³-hybridized carbons (Fsp3) is 0.278. The number of benzene rings is 1. The van der Waals surface area contributed by atoms with Crippen LogP contribution in [0.1, 0.15) is 20.7 Å². The third kappa shape index (κ3) is 4.15. The van der Waals surface area contributed by atoms with E-state index in [1.807, 2.05) is 4.90 Å². The van der Waals surface area contributed by atoms with Crippen LogP contribution in [-0.2, 0) is 0 Å². The van der Waals surface area contributed by atoms with Gasteiger partial charge >= 0.3 is 0 Å². The predicted octanol–water partition coefficient (Wildman–Crippen LogP) is 2.08. The molecule has 0 radical (unpaired) electrons. The summed E-state index contributed by atoms with van der Waals surface area (Å²) in [5, 5.41) is 10.1. The summed E-state index contributed by atoms with van der Waals surface area (Å²) in [6.45, 7) is 2.51. The summed E-state index contributed by atoms with van der Waals surface area (Å²) in [6, 6.07) is 9.78. The number of rotatable bonds is 4. The first-order valence-corrected chi connectivity index (χ1v) is 8.37. The number of para-hydroxylation sites is 1. The van der Waals surface area contributed by atoms with Crippen molar-refractivity contribution in [2.24, 2.45) is 0 Å². The molecule has 0 saturated carbocycles. The molecule has 1 amide bonds. The minimum atomic E-state index is -0.125. The Bertz CT molecular complexity index is 771. The van der Waals surface area contributed by atoms with Crippen LogP contribution in [0.3, 0.4) is 0 Å². The topological polar surface area (TPSA) is 73.7 Å². The van der Waals surface area contributed by atoms with E-state index >= 15 is 0 Å². The molecule has 1 N–H and O–H groups in total. The number of nitrogens with zero attached hydrogens (tertiary/aromatic N) is 3. The number of phenols is 1. The quantitative estimate of drug-likeness (QED) is 0.668. The Labute approximate surface area is 150 Å². The Hall–Kier alpha value is -2.44. The van der Waals surface area contributed by atoms with E-state index in [1.54, 1.807) is 35.2 Å². The van der Waals surface area contributed by atoms with Crippen LogP contribution in [0, 0.1) is 0 Å². The number of hydrogen-bond acceptors (Lipinski definition) is 5. The Kier molecular flexibility index (Phi) is 5.31. The summed E-state index contributed by atoms with van der Waals surface area (Å²) in [4.78, 5) is 32.4. The molecular weight excluding hydrogens is 342 g/mol. The number of aromatic hydroxyl groups is 1. The number of carbonyl (C=O) groups is 2. The van der Waals surface area contributed by atoms with Crippen LogP contribution in [0.2, 0.25) is 5.15 Å². The van der Waals surface area contributed by atoms with Gasteiger partial charge < -0.3 is 10.0 Å². The van der Waals surface area contributed by atoms with E-state index in [1.165, 1.54) is 12.3 Å². The number of halogens is 1.